The molecule has 0 unspecified atom stereocenters. The molecule has 0 bridgehead atoms. The Morgan fingerprint density at radius 1 is 1.32 bits per heavy atom. The molecule has 7 heteroatoms. The van der Waals surface area contributed by atoms with Crippen LogP contribution < -0.4 is 10.6 Å². The number of anilines is 1. The Hall–Kier alpha value is -2.83. The Morgan fingerprint density at radius 2 is 2.18 bits per heavy atom. The number of nitrogens with zero attached hydrogens (tertiary/aromatic N) is 3. The normalized spacial score (nSPS) is 10.6. The smallest absolute Gasteiger partial charge is 0.318 e. The number of aromatic nitrogens is 3. The highest BCUT2D eigenvalue weighted by Gasteiger charge is 2.09. The van der Waals surface area contributed by atoms with Crippen molar-refractivity contribution in [2.75, 3.05) is 12.4 Å². The van der Waals surface area contributed by atoms with Crippen LogP contribution in [0.2, 0.25) is 0 Å². The van der Waals surface area contributed by atoms with E-state index in [4.69, 9.17) is 0 Å². The fourth-order valence-electron chi connectivity index (χ4n) is 2.25. The zero-order valence-electron chi connectivity index (χ0n) is 12.5. The van der Waals surface area contributed by atoms with E-state index in [9.17, 15) is 4.79 Å². The zero-order valence-corrected chi connectivity index (χ0v) is 12.5. The van der Waals surface area contributed by atoms with Crippen LogP contribution in [0.1, 0.15) is 5.56 Å². The molecule has 110 valence electrons. The van der Waals surface area contributed by atoms with Gasteiger partial charge in [0.1, 0.15) is 7.85 Å². The van der Waals surface area contributed by atoms with E-state index >= 15 is 0 Å². The molecule has 0 radical (unpaired) electrons. The maximum Gasteiger partial charge on any atom is 0.318 e. The Kier molecular flexibility index (Phi) is 3.78. The summed E-state index contributed by atoms with van der Waals surface area (Å²) in [6.45, 7) is 0. The van der Waals surface area contributed by atoms with Crippen LogP contribution in [0.3, 0.4) is 0 Å². The lowest BCUT2D eigenvalue weighted by atomic mass is 9.99. The van der Waals surface area contributed by atoms with Gasteiger partial charge in [-0.3, -0.25) is 0 Å². The third kappa shape index (κ3) is 2.65. The van der Waals surface area contributed by atoms with E-state index in [1.807, 2.05) is 36.5 Å². The van der Waals surface area contributed by atoms with Crippen LogP contribution in [0.4, 0.5) is 10.5 Å². The third-order valence-corrected chi connectivity index (χ3v) is 3.47. The Balaban J connectivity index is 2.00. The zero-order chi connectivity index (χ0) is 15.5. The Labute approximate surface area is 129 Å². The lowest BCUT2D eigenvalue weighted by Crippen LogP contribution is -2.24. The quantitative estimate of drug-likeness (QED) is 0.715. The van der Waals surface area contributed by atoms with Gasteiger partial charge in [-0.15, -0.1) is 0 Å². The van der Waals surface area contributed by atoms with Crippen molar-refractivity contribution >= 4 is 25.2 Å². The number of nitrogens with one attached hydrogen (secondary N) is 2. The number of imidazole rings is 1. The maximum absolute atomic E-state index is 11.4. The van der Waals surface area contributed by atoms with Crippen molar-refractivity contribution in [3.05, 3.63) is 48.3 Å². The van der Waals surface area contributed by atoms with Gasteiger partial charge in [-0.05, 0) is 23.8 Å². The minimum absolute atomic E-state index is 0.249. The molecule has 2 amide bonds. The molecule has 3 rings (SSSR count). The molecular formula is C15H16BN5O. The fourth-order valence-corrected chi connectivity index (χ4v) is 2.25. The van der Waals surface area contributed by atoms with Gasteiger partial charge in [0, 0.05) is 18.3 Å². The van der Waals surface area contributed by atoms with Crippen LogP contribution in [-0.4, -0.2) is 35.5 Å². The number of urea groups is 1. The first-order chi connectivity index (χ1) is 10.7. The third-order valence-electron chi connectivity index (χ3n) is 3.47. The number of rotatable bonds is 3. The number of hydrogen-bond donors (Lipinski definition) is 2. The number of benzene rings is 1. The number of carbonyl (C=O) groups is 1. The van der Waals surface area contributed by atoms with Gasteiger partial charge in [-0.2, -0.15) is 5.10 Å². The van der Waals surface area contributed by atoms with Gasteiger partial charge in [0.2, 0.25) is 0 Å². The highest BCUT2D eigenvalue weighted by Crippen LogP contribution is 2.23. The molecule has 2 N–H and O–H groups in total. The second-order valence-electron chi connectivity index (χ2n) is 4.92. The lowest BCUT2D eigenvalue weighted by Gasteiger charge is -2.07. The average molecular weight is 293 g/mol. The van der Waals surface area contributed by atoms with Gasteiger partial charge in [0.25, 0.3) is 0 Å². The number of amides is 2. The molecule has 0 spiro atoms. The first kappa shape index (κ1) is 14.1. The molecule has 1 aromatic carbocycles. The van der Waals surface area contributed by atoms with Crippen LogP contribution in [0.15, 0.2) is 42.7 Å². The molecule has 0 saturated heterocycles. The fraction of sp³-hybridized carbons (Fsp3) is 0.133. The van der Waals surface area contributed by atoms with E-state index in [1.54, 1.807) is 17.8 Å². The molecule has 2 aromatic heterocycles. The van der Waals surface area contributed by atoms with Crippen molar-refractivity contribution in [2.24, 2.45) is 0 Å². The largest absolute Gasteiger partial charge is 0.341 e. The molecule has 0 fully saturated rings. The SMILES string of the molecule is BCc1cnn2c(-c3cccc(NC(=O)NC)c3)cnc2c1. The van der Waals surface area contributed by atoms with Crippen molar-refractivity contribution in [1.29, 1.82) is 0 Å². The van der Waals surface area contributed by atoms with Gasteiger partial charge in [-0.1, -0.05) is 18.5 Å². The van der Waals surface area contributed by atoms with Crippen LogP contribution in [0, 0.1) is 0 Å². The van der Waals surface area contributed by atoms with Crippen molar-refractivity contribution in [3.63, 3.8) is 0 Å². The van der Waals surface area contributed by atoms with E-state index in [0.717, 1.165) is 34.5 Å². The minimum atomic E-state index is -0.249. The van der Waals surface area contributed by atoms with Crippen LogP contribution >= 0.6 is 0 Å². The first-order valence-corrected chi connectivity index (χ1v) is 7.13. The summed E-state index contributed by atoms with van der Waals surface area (Å²) >= 11 is 0. The first-order valence-electron chi connectivity index (χ1n) is 7.13. The van der Waals surface area contributed by atoms with E-state index in [-0.39, 0.29) is 6.03 Å². The monoisotopic (exact) mass is 293 g/mol. The summed E-state index contributed by atoms with van der Waals surface area (Å²) in [6, 6.07) is 9.37. The summed E-state index contributed by atoms with van der Waals surface area (Å²) in [4.78, 5) is 15.8. The molecule has 0 saturated carbocycles. The minimum Gasteiger partial charge on any atom is -0.341 e. The van der Waals surface area contributed by atoms with Crippen molar-refractivity contribution < 1.29 is 4.79 Å². The number of fused-ring (bicyclic) bond motifs is 1. The van der Waals surface area contributed by atoms with Crippen molar-refractivity contribution in [1.82, 2.24) is 19.9 Å². The highest BCUT2D eigenvalue weighted by atomic mass is 16.2. The summed E-state index contributed by atoms with van der Waals surface area (Å²) in [5.74, 6) is 0. The highest BCUT2D eigenvalue weighted by molar-refractivity contribution is 6.08. The van der Waals surface area contributed by atoms with E-state index in [1.165, 1.54) is 0 Å². The summed E-state index contributed by atoms with van der Waals surface area (Å²) in [7, 11) is 3.67. The van der Waals surface area contributed by atoms with Crippen molar-refractivity contribution in [2.45, 2.75) is 6.32 Å². The number of hydrogen-bond acceptors (Lipinski definition) is 3. The summed E-state index contributed by atoms with van der Waals surface area (Å²) in [6.07, 6.45) is 4.57. The Morgan fingerprint density at radius 3 is 2.95 bits per heavy atom. The van der Waals surface area contributed by atoms with Gasteiger partial charge in [-0.25, -0.2) is 14.3 Å². The van der Waals surface area contributed by atoms with Crippen LogP contribution in [0.5, 0.6) is 0 Å². The molecule has 2 heterocycles. The maximum atomic E-state index is 11.4. The second kappa shape index (κ2) is 5.89. The van der Waals surface area contributed by atoms with Gasteiger partial charge in [0.15, 0.2) is 5.65 Å². The predicted molar refractivity (Wildman–Crippen MR) is 88.7 cm³/mol. The van der Waals surface area contributed by atoms with Gasteiger partial charge in [0.05, 0.1) is 18.1 Å². The Bertz CT molecular complexity index is 830. The molecule has 22 heavy (non-hydrogen) atoms. The van der Waals surface area contributed by atoms with Crippen molar-refractivity contribution in [3.8, 4) is 11.3 Å². The predicted octanol–water partition coefficient (Wildman–Crippen LogP) is 1.28. The summed E-state index contributed by atoms with van der Waals surface area (Å²) < 4.78 is 1.80. The summed E-state index contributed by atoms with van der Waals surface area (Å²) in [5, 5.41) is 9.74. The molecule has 0 aliphatic rings. The van der Waals surface area contributed by atoms with E-state index in [0.29, 0.717) is 0 Å². The van der Waals surface area contributed by atoms with E-state index in [2.05, 4.69) is 28.6 Å². The number of carbonyl (C=O) groups excluding carboxylic acids is 1. The van der Waals surface area contributed by atoms with E-state index < -0.39 is 0 Å². The molecule has 0 aliphatic heterocycles. The van der Waals surface area contributed by atoms with Crippen LogP contribution in [0.25, 0.3) is 16.9 Å². The average Bonchev–Trinajstić information content (AvgIpc) is 2.97. The van der Waals surface area contributed by atoms with Gasteiger partial charge >= 0.3 is 6.03 Å². The lowest BCUT2D eigenvalue weighted by molar-refractivity contribution is 0.254. The van der Waals surface area contributed by atoms with Crippen LogP contribution in [-0.2, 0) is 6.32 Å². The standard InChI is InChI=1S/C15H16BN5O/c1-17-15(22)20-12-4-2-3-11(6-12)13-9-18-14-5-10(7-16)8-19-21(13)14/h2-6,8-9H,7,16H2,1H3,(H2,17,20,22). The summed E-state index contributed by atoms with van der Waals surface area (Å²) in [5.41, 5.74) is 4.52. The van der Waals surface area contributed by atoms with Gasteiger partial charge < -0.3 is 10.6 Å². The molecule has 3 aromatic rings. The second-order valence-corrected chi connectivity index (χ2v) is 4.92. The molecule has 6 nitrogen and oxygen atoms in total. The molecule has 0 aliphatic carbocycles. The molecule has 0 atom stereocenters. The topological polar surface area (TPSA) is 71.3 Å². The molecular weight excluding hydrogens is 277 g/mol.